The minimum absolute atomic E-state index is 0.190. The molecule has 1 heterocycles. The fourth-order valence-corrected chi connectivity index (χ4v) is 0.173. The third-order valence-electron chi connectivity index (χ3n) is 0.742. The van der Waals surface area contributed by atoms with E-state index < -0.39 is 11.1 Å². The molecule has 0 radical (unpaired) electrons. The van der Waals surface area contributed by atoms with E-state index >= 15 is 0 Å². The van der Waals surface area contributed by atoms with Gasteiger partial charge in [0.05, 0.1) is 13.2 Å². The van der Waals surface area contributed by atoms with E-state index in [9.17, 15) is 8.76 Å². The van der Waals surface area contributed by atoms with Crippen molar-refractivity contribution in [3.8, 4) is 0 Å². The Morgan fingerprint density at radius 3 is 2.40 bits per heavy atom. The van der Waals surface area contributed by atoms with Gasteiger partial charge in [0.2, 0.25) is 0 Å². The monoisotopic (exact) mass is 165 g/mol. The van der Waals surface area contributed by atoms with E-state index in [4.69, 9.17) is 5.11 Å². The van der Waals surface area contributed by atoms with Crippen LogP contribution in [0.3, 0.4) is 0 Å². The maximum absolute atomic E-state index is 9.25. The highest BCUT2D eigenvalue weighted by Gasteiger charge is 2.19. The molecule has 0 aromatic carbocycles. The summed E-state index contributed by atoms with van der Waals surface area (Å²) in [5.41, 5.74) is 0. The van der Waals surface area contributed by atoms with Gasteiger partial charge in [-0.1, -0.05) is 6.58 Å². The van der Waals surface area contributed by atoms with Crippen molar-refractivity contribution in [3.05, 3.63) is 12.0 Å². The summed E-state index contributed by atoms with van der Waals surface area (Å²) >= 11 is -2.06. The molecule has 2 unspecified atom stereocenters. The van der Waals surface area contributed by atoms with E-state index in [-0.39, 0.29) is 12.7 Å². The summed E-state index contributed by atoms with van der Waals surface area (Å²) in [4.78, 5) is 0. The lowest BCUT2D eigenvalue weighted by atomic mass is 10.5. The number of hydrogen-bond donors (Lipinski definition) is 1. The Morgan fingerprint density at radius 2 is 2.40 bits per heavy atom. The van der Waals surface area contributed by atoms with E-state index in [1.807, 2.05) is 0 Å². The topological polar surface area (TPSA) is 72.9 Å². The molecule has 60 valence electrons. The van der Waals surface area contributed by atoms with Gasteiger partial charge in [0.1, 0.15) is 6.10 Å². The molecule has 0 saturated carbocycles. The van der Waals surface area contributed by atoms with Gasteiger partial charge >= 0.3 is 0 Å². The van der Waals surface area contributed by atoms with Crippen LogP contribution in [0.5, 0.6) is 0 Å². The van der Waals surface area contributed by atoms with Gasteiger partial charge in [-0.25, -0.2) is 0 Å². The van der Waals surface area contributed by atoms with Crippen LogP contribution < -0.4 is 0 Å². The lowest BCUT2D eigenvalue weighted by molar-refractivity contribution is 0.244. The first-order chi connectivity index (χ1) is 4.70. The first kappa shape index (κ1) is 9.77. The smallest absolute Gasteiger partial charge is 0.104 e. The maximum atomic E-state index is 9.25. The SMILES string of the molecule is C=CS(=O)[O-].OCC1CO1. The number of aliphatic hydroxyl groups excluding tert-OH is 1. The average molecular weight is 165 g/mol. The third kappa shape index (κ3) is 7.77. The predicted molar refractivity (Wildman–Crippen MR) is 35.9 cm³/mol. The Labute approximate surface area is 61.8 Å². The van der Waals surface area contributed by atoms with Gasteiger partial charge in [-0.15, -0.1) is 0 Å². The molecule has 0 spiro atoms. The largest absolute Gasteiger partial charge is 0.769 e. The second-order valence-electron chi connectivity index (χ2n) is 1.57. The highest BCUT2D eigenvalue weighted by Crippen LogP contribution is 2.04. The summed E-state index contributed by atoms with van der Waals surface area (Å²) in [6.07, 6.45) is 0.190. The molecule has 0 aromatic heterocycles. The van der Waals surface area contributed by atoms with Gasteiger partial charge in [-0.3, -0.25) is 4.21 Å². The van der Waals surface area contributed by atoms with Crippen molar-refractivity contribution < 1.29 is 18.6 Å². The Bertz CT molecular complexity index is 121. The minimum Gasteiger partial charge on any atom is -0.769 e. The zero-order valence-corrected chi connectivity index (χ0v) is 6.17. The number of hydrogen-bond acceptors (Lipinski definition) is 4. The van der Waals surface area contributed by atoms with Crippen molar-refractivity contribution in [3.63, 3.8) is 0 Å². The molecule has 1 fully saturated rings. The average Bonchev–Trinajstić information content (AvgIpc) is 2.70. The Kier molecular flexibility index (Phi) is 5.42. The van der Waals surface area contributed by atoms with Crippen LogP contribution in [-0.4, -0.2) is 33.2 Å². The van der Waals surface area contributed by atoms with Crippen LogP contribution in [0.2, 0.25) is 0 Å². The third-order valence-corrected chi connectivity index (χ3v) is 1.01. The molecule has 1 aliphatic heterocycles. The molecule has 0 aliphatic carbocycles. The molecule has 2 atom stereocenters. The summed E-state index contributed by atoms with van der Waals surface area (Å²) in [7, 11) is 0. The van der Waals surface area contributed by atoms with Crippen molar-refractivity contribution in [2.75, 3.05) is 13.2 Å². The highest BCUT2D eigenvalue weighted by molar-refractivity contribution is 7.82. The van der Waals surface area contributed by atoms with E-state index in [0.717, 1.165) is 12.0 Å². The van der Waals surface area contributed by atoms with Crippen molar-refractivity contribution in [2.24, 2.45) is 0 Å². The van der Waals surface area contributed by atoms with E-state index in [1.54, 1.807) is 0 Å². The Morgan fingerprint density at radius 1 is 2.00 bits per heavy atom. The van der Waals surface area contributed by atoms with E-state index in [2.05, 4.69) is 11.3 Å². The Balaban J connectivity index is 0.000000162. The fraction of sp³-hybridized carbons (Fsp3) is 0.600. The first-order valence-corrected chi connectivity index (χ1v) is 3.77. The summed E-state index contributed by atoms with van der Waals surface area (Å²) in [5, 5.41) is 8.91. The van der Waals surface area contributed by atoms with Crippen molar-refractivity contribution in [2.45, 2.75) is 6.10 Å². The molecule has 1 saturated heterocycles. The number of ether oxygens (including phenoxy) is 1. The zero-order chi connectivity index (χ0) is 7.98. The lowest BCUT2D eigenvalue weighted by Crippen LogP contribution is -1.88. The Hall–Kier alpha value is -0.230. The molecule has 1 rings (SSSR count). The van der Waals surface area contributed by atoms with E-state index in [1.165, 1.54) is 0 Å². The summed E-state index contributed by atoms with van der Waals surface area (Å²) < 4.78 is 23.1. The molecule has 1 N–H and O–H groups in total. The van der Waals surface area contributed by atoms with Crippen LogP contribution in [0, 0.1) is 0 Å². The number of aliphatic hydroxyl groups is 1. The fourth-order valence-electron chi connectivity index (χ4n) is 0.173. The van der Waals surface area contributed by atoms with Gasteiger partial charge in [-0.05, 0) is 16.5 Å². The molecule has 1 aliphatic rings. The quantitative estimate of drug-likeness (QED) is 0.437. The normalized spacial score (nSPS) is 24.0. The van der Waals surface area contributed by atoms with Crippen LogP contribution in [0.25, 0.3) is 0 Å². The van der Waals surface area contributed by atoms with Gasteiger partial charge in [-0.2, -0.15) is 0 Å². The second kappa shape index (κ2) is 5.55. The summed E-state index contributed by atoms with van der Waals surface area (Å²) in [6, 6.07) is 0. The van der Waals surface area contributed by atoms with Crippen LogP contribution >= 0.6 is 0 Å². The van der Waals surface area contributed by atoms with Gasteiger partial charge < -0.3 is 14.4 Å². The predicted octanol–water partition coefficient (Wildman–Crippen LogP) is -0.614. The molecule has 0 aromatic rings. The van der Waals surface area contributed by atoms with Crippen LogP contribution in [0.4, 0.5) is 0 Å². The molecule has 5 heteroatoms. The molecule has 10 heavy (non-hydrogen) atoms. The minimum atomic E-state index is -2.06. The van der Waals surface area contributed by atoms with E-state index in [0.29, 0.717) is 0 Å². The zero-order valence-electron chi connectivity index (χ0n) is 5.36. The van der Waals surface area contributed by atoms with Gasteiger partial charge in [0, 0.05) is 0 Å². The maximum Gasteiger partial charge on any atom is 0.104 e. The summed E-state index contributed by atoms with van der Waals surface area (Å²) in [6.45, 7) is 3.90. The molecule has 4 nitrogen and oxygen atoms in total. The molecule has 0 amide bonds. The van der Waals surface area contributed by atoms with Gasteiger partial charge in [0.15, 0.2) is 0 Å². The lowest BCUT2D eigenvalue weighted by Gasteiger charge is -1.88. The first-order valence-electron chi connectivity index (χ1n) is 2.63. The standard InChI is InChI=1S/C3H6O2.C2H4O2S/c4-1-3-2-5-3;1-2-5(3)4/h3-4H,1-2H2;2H,1H2,(H,3,4)/p-1. The molecular formula is C5H9O4S-. The van der Waals surface area contributed by atoms with Crippen LogP contribution in [-0.2, 0) is 15.8 Å². The van der Waals surface area contributed by atoms with Gasteiger partial charge in [0.25, 0.3) is 0 Å². The van der Waals surface area contributed by atoms with Crippen LogP contribution in [0.15, 0.2) is 12.0 Å². The van der Waals surface area contributed by atoms with Crippen LogP contribution in [0.1, 0.15) is 0 Å². The van der Waals surface area contributed by atoms with Crippen molar-refractivity contribution in [1.29, 1.82) is 0 Å². The molecular weight excluding hydrogens is 156 g/mol. The second-order valence-corrected chi connectivity index (χ2v) is 2.42. The number of epoxide rings is 1. The molecule has 0 bridgehead atoms. The highest BCUT2D eigenvalue weighted by atomic mass is 32.2. The van der Waals surface area contributed by atoms with Crippen molar-refractivity contribution in [1.82, 2.24) is 0 Å². The summed E-state index contributed by atoms with van der Waals surface area (Å²) in [5.74, 6) is 0. The number of rotatable bonds is 2. The van der Waals surface area contributed by atoms with Crippen molar-refractivity contribution >= 4 is 11.1 Å².